The van der Waals surface area contributed by atoms with Crippen LogP contribution < -0.4 is 14.8 Å². The lowest BCUT2D eigenvalue weighted by molar-refractivity contribution is -0.136. The van der Waals surface area contributed by atoms with Gasteiger partial charge in [0.25, 0.3) is 11.8 Å². The number of nitrogens with one attached hydrogen (secondary N) is 1. The summed E-state index contributed by atoms with van der Waals surface area (Å²) in [7, 11) is 4.67. The van der Waals surface area contributed by atoms with Gasteiger partial charge in [-0.3, -0.25) is 14.5 Å². The number of hydrogen-bond donors (Lipinski definition) is 1. The summed E-state index contributed by atoms with van der Waals surface area (Å²) in [5, 5.41) is 3.20. The molecule has 0 unspecified atom stereocenters. The molecule has 31 heavy (non-hydrogen) atoms. The van der Waals surface area contributed by atoms with Gasteiger partial charge in [0.15, 0.2) is 11.5 Å². The van der Waals surface area contributed by atoms with Gasteiger partial charge >= 0.3 is 0 Å². The van der Waals surface area contributed by atoms with Crippen molar-refractivity contribution in [1.29, 1.82) is 0 Å². The molecule has 0 spiro atoms. The molecule has 2 aromatic carbocycles. The van der Waals surface area contributed by atoms with E-state index in [-0.39, 0.29) is 24.1 Å². The number of methoxy groups -OCH3 is 3. The van der Waals surface area contributed by atoms with Crippen LogP contribution in [0, 0.1) is 13.8 Å². The van der Waals surface area contributed by atoms with Crippen LogP contribution in [-0.2, 0) is 14.3 Å². The number of imide groups is 1. The van der Waals surface area contributed by atoms with Crippen molar-refractivity contribution in [2.45, 2.75) is 20.3 Å². The largest absolute Gasteiger partial charge is 0.493 e. The molecule has 7 nitrogen and oxygen atoms in total. The molecule has 2 amide bonds. The lowest BCUT2D eigenvalue weighted by Crippen LogP contribution is -2.33. The van der Waals surface area contributed by atoms with E-state index in [2.05, 4.69) is 5.32 Å². The molecule has 0 saturated heterocycles. The smallest absolute Gasteiger partial charge is 0.278 e. The Labute approximate surface area is 182 Å². The van der Waals surface area contributed by atoms with Gasteiger partial charge in [-0.15, -0.1) is 0 Å². The van der Waals surface area contributed by atoms with Crippen LogP contribution in [0.3, 0.4) is 0 Å². The normalized spacial score (nSPS) is 13.8. The Morgan fingerprint density at radius 1 is 0.871 bits per heavy atom. The van der Waals surface area contributed by atoms with Crippen molar-refractivity contribution in [3.05, 3.63) is 58.8 Å². The summed E-state index contributed by atoms with van der Waals surface area (Å²) in [4.78, 5) is 27.8. The first-order valence-corrected chi connectivity index (χ1v) is 10.1. The topological polar surface area (TPSA) is 77.1 Å². The highest BCUT2D eigenvalue weighted by Crippen LogP contribution is 2.35. The van der Waals surface area contributed by atoms with E-state index >= 15 is 0 Å². The third-order valence-corrected chi connectivity index (χ3v) is 5.06. The molecule has 1 aliphatic rings. The summed E-state index contributed by atoms with van der Waals surface area (Å²) in [6.07, 6.45) is 0.560. The van der Waals surface area contributed by atoms with Crippen molar-refractivity contribution in [2.75, 3.05) is 39.8 Å². The van der Waals surface area contributed by atoms with Gasteiger partial charge in [0.2, 0.25) is 0 Å². The number of anilines is 1. The van der Waals surface area contributed by atoms with Crippen LogP contribution in [0.25, 0.3) is 5.57 Å². The summed E-state index contributed by atoms with van der Waals surface area (Å²) in [6, 6.07) is 11.1. The fourth-order valence-electron chi connectivity index (χ4n) is 3.71. The fourth-order valence-corrected chi connectivity index (χ4v) is 3.71. The first kappa shape index (κ1) is 22.4. The highest BCUT2D eigenvalue weighted by Gasteiger charge is 2.39. The zero-order valence-electron chi connectivity index (χ0n) is 18.6. The maximum absolute atomic E-state index is 13.3. The predicted molar refractivity (Wildman–Crippen MR) is 119 cm³/mol. The second kappa shape index (κ2) is 9.66. The summed E-state index contributed by atoms with van der Waals surface area (Å²) >= 11 is 0. The molecule has 0 aliphatic carbocycles. The Bertz CT molecular complexity index is 1010. The maximum atomic E-state index is 13.3. The van der Waals surface area contributed by atoms with E-state index in [1.807, 2.05) is 32.0 Å². The highest BCUT2D eigenvalue weighted by molar-refractivity contribution is 6.36. The van der Waals surface area contributed by atoms with Crippen molar-refractivity contribution in [1.82, 2.24) is 4.90 Å². The standard InChI is InChI=1S/C24H28N2O5/c1-15-11-16(2)13-18(12-15)25-22-21(17-7-8-19(30-4)20(14-17)31-5)23(27)26(24(22)28)9-6-10-29-3/h7-8,11-14,25H,6,9-10H2,1-5H3. The number of amides is 2. The molecule has 164 valence electrons. The summed E-state index contributed by atoms with van der Waals surface area (Å²) < 4.78 is 15.8. The molecule has 3 rings (SSSR count). The minimum atomic E-state index is -0.356. The molecule has 7 heteroatoms. The molecule has 0 aromatic heterocycles. The van der Waals surface area contributed by atoms with E-state index in [0.717, 1.165) is 16.8 Å². The van der Waals surface area contributed by atoms with Crippen LogP contribution >= 0.6 is 0 Å². The predicted octanol–water partition coefficient (Wildman–Crippen LogP) is 3.55. The van der Waals surface area contributed by atoms with E-state index in [4.69, 9.17) is 14.2 Å². The number of aryl methyl sites for hydroxylation is 2. The molecule has 0 fully saturated rings. The number of rotatable bonds is 9. The van der Waals surface area contributed by atoms with E-state index in [1.54, 1.807) is 32.4 Å². The zero-order valence-corrected chi connectivity index (χ0v) is 18.6. The molecule has 1 aliphatic heterocycles. The molecule has 0 saturated carbocycles. The molecular weight excluding hydrogens is 396 g/mol. The number of hydrogen-bond acceptors (Lipinski definition) is 6. The van der Waals surface area contributed by atoms with Crippen molar-refractivity contribution in [2.24, 2.45) is 0 Å². The van der Waals surface area contributed by atoms with Gasteiger partial charge in [0.05, 0.1) is 19.8 Å². The van der Waals surface area contributed by atoms with Gasteiger partial charge in [0.1, 0.15) is 5.70 Å². The Balaban J connectivity index is 2.07. The number of ether oxygens (including phenoxy) is 3. The number of nitrogens with zero attached hydrogens (tertiary/aromatic N) is 1. The van der Waals surface area contributed by atoms with Gasteiger partial charge in [-0.2, -0.15) is 0 Å². The first-order valence-electron chi connectivity index (χ1n) is 10.1. The average Bonchev–Trinajstić information content (AvgIpc) is 2.96. The molecule has 0 atom stereocenters. The van der Waals surface area contributed by atoms with Crippen LogP contribution in [-0.4, -0.2) is 51.2 Å². The van der Waals surface area contributed by atoms with E-state index in [1.165, 1.54) is 12.0 Å². The van der Waals surface area contributed by atoms with Crippen molar-refractivity contribution >= 4 is 23.1 Å². The molecule has 0 radical (unpaired) electrons. The van der Waals surface area contributed by atoms with E-state index in [0.29, 0.717) is 35.7 Å². The van der Waals surface area contributed by atoms with E-state index < -0.39 is 0 Å². The second-order valence-corrected chi connectivity index (χ2v) is 7.43. The van der Waals surface area contributed by atoms with Gasteiger partial charge in [-0.05, 0) is 61.2 Å². The fraction of sp³-hybridized carbons (Fsp3) is 0.333. The highest BCUT2D eigenvalue weighted by atomic mass is 16.5. The van der Waals surface area contributed by atoms with Crippen LogP contribution in [0.2, 0.25) is 0 Å². The van der Waals surface area contributed by atoms with Crippen LogP contribution in [0.1, 0.15) is 23.1 Å². The third kappa shape index (κ3) is 4.72. The zero-order chi connectivity index (χ0) is 22.5. The van der Waals surface area contributed by atoms with Gasteiger partial charge in [-0.1, -0.05) is 12.1 Å². The Kier molecular flexibility index (Phi) is 6.97. The third-order valence-electron chi connectivity index (χ3n) is 5.06. The van der Waals surface area contributed by atoms with Crippen LogP contribution in [0.5, 0.6) is 11.5 Å². The molecule has 1 heterocycles. The lowest BCUT2D eigenvalue weighted by Gasteiger charge is -2.15. The monoisotopic (exact) mass is 424 g/mol. The Morgan fingerprint density at radius 3 is 2.16 bits per heavy atom. The van der Waals surface area contributed by atoms with Crippen LogP contribution in [0.15, 0.2) is 42.1 Å². The van der Waals surface area contributed by atoms with E-state index in [9.17, 15) is 9.59 Å². The minimum absolute atomic E-state index is 0.250. The molecule has 2 aromatic rings. The maximum Gasteiger partial charge on any atom is 0.278 e. The van der Waals surface area contributed by atoms with Gasteiger partial charge in [0, 0.05) is 25.9 Å². The van der Waals surface area contributed by atoms with Crippen LogP contribution in [0.4, 0.5) is 5.69 Å². The molecule has 0 bridgehead atoms. The number of benzene rings is 2. The lowest BCUT2D eigenvalue weighted by atomic mass is 10.0. The number of carbonyl (C=O) groups is 2. The number of carbonyl (C=O) groups excluding carboxylic acids is 2. The first-order chi connectivity index (χ1) is 14.9. The SMILES string of the molecule is COCCCN1C(=O)C(Nc2cc(C)cc(C)c2)=C(c2ccc(OC)c(OC)c2)C1=O. The minimum Gasteiger partial charge on any atom is -0.493 e. The quantitative estimate of drug-likeness (QED) is 0.490. The Hall–Kier alpha value is -3.32. The summed E-state index contributed by atoms with van der Waals surface area (Å²) in [5.41, 5.74) is 4.01. The Morgan fingerprint density at radius 2 is 1.55 bits per heavy atom. The molecule has 1 N–H and O–H groups in total. The van der Waals surface area contributed by atoms with Gasteiger partial charge in [-0.25, -0.2) is 0 Å². The van der Waals surface area contributed by atoms with Gasteiger partial charge < -0.3 is 19.5 Å². The average molecular weight is 424 g/mol. The van der Waals surface area contributed by atoms with Crippen molar-refractivity contribution in [3.63, 3.8) is 0 Å². The molecular formula is C24H28N2O5. The summed E-state index contributed by atoms with van der Waals surface area (Å²) in [5.74, 6) is 0.325. The van der Waals surface area contributed by atoms with Crippen molar-refractivity contribution in [3.8, 4) is 11.5 Å². The second-order valence-electron chi connectivity index (χ2n) is 7.43. The summed E-state index contributed by atoms with van der Waals surface area (Å²) in [6.45, 7) is 4.71. The van der Waals surface area contributed by atoms with Crippen molar-refractivity contribution < 1.29 is 23.8 Å².